The molecule has 0 unspecified atom stereocenters. The Bertz CT molecular complexity index is 3910. The van der Waals surface area contributed by atoms with Gasteiger partial charge in [-0.2, -0.15) is 0 Å². The fraction of sp³-hybridized carbons (Fsp3) is 0.744. The van der Waals surface area contributed by atoms with Crippen LogP contribution in [0.25, 0.3) is 33.4 Å². The van der Waals surface area contributed by atoms with E-state index in [0.29, 0.717) is 62.7 Å². The number of fused-ring (bicyclic) bond motifs is 2. The molecule has 0 saturated carbocycles. The molecule has 122 heavy (non-hydrogen) atoms. The molecule has 43 nitrogen and oxygen atoms in total. The second kappa shape index (κ2) is 44.9. The Balaban J connectivity index is 0.0000145. The maximum Gasteiger partial charge on any atom is 0.251 e. The number of nitrogens with zero attached hydrogens (tertiary/aromatic N) is 2. The highest BCUT2D eigenvalue weighted by atomic mass is 35.5. The fourth-order valence-corrected chi connectivity index (χ4v) is 16.6. The van der Waals surface area contributed by atoms with Crippen molar-refractivity contribution in [2.45, 2.75) is 243 Å². The predicted octanol–water partition coefficient (Wildman–Crippen LogP) is -14.3. The lowest BCUT2D eigenvalue weighted by Gasteiger charge is -2.50. The molecule has 2 aromatic carbocycles. The lowest BCUT2D eigenvalue weighted by molar-refractivity contribution is -0.396. The summed E-state index contributed by atoms with van der Waals surface area (Å²) in [6, 6.07) is 20.0. The molecule has 0 spiro atoms. The quantitative estimate of drug-likeness (QED) is 0.0150. The molecule has 25 N–H and O–H groups in total. The van der Waals surface area contributed by atoms with E-state index in [9.17, 15) is 107 Å². The van der Waals surface area contributed by atoms with E-state index < -0.39 is 255 Å². The molecule has 35 atom stereocenters. The topological polar surface area (TPSA) is 630 Å². The van der Waals surface area contributed by atoms with Gasteiger partial charge in [-0.15, -0.1) is 0 Å². The van der Waals surface area contributed by atoms with Crippen molar-refractivity contribution >= 4 is 22.6 Å². The lowest BCUT2D eigenvalue weighted by atomic mass is 9.90. The van der Waals surface area contributed by atoms with E-state index in [1.54, 1.807) is 0 Å². The summed E-state index contributed by atoms with van der Waals surface area (Å²) >= 11 is 0. The molecular formula is C78H120ClN7O36. The standard InChI is InChI=1S/C78H119N7O36.ClH/c1-5-84(6-2)34-13-15-38-40(25-34)107-41-26-35(85(7-3)8-4)14-16-39(41)49(38)36-11-9-10-12-37(36)71(106)83-24-23-81-20-19-79-17-18-80-21-22-82-27-42-64-50(92)57(99)72(108-42)116-65-43(28-86)110-74(59(101)52(65)94)118-67-45(30-88)112-76(61(103)54(67)96)120-69-47(32-90)114-78(63(105)56(69)98)121-70-48(33-91)113-77(62(104)55(70)97)119-68-46(31-89)111-75(60(102)53(68)95)117-66-44(29-87)109-73(115-64)58(100)51(66)93;/h9-16,25-26,42-48,50-70,72-82,86-105H,5-8,17-24,27-33H2,1-4H3;1H/t42-,43-,44-,45+,46+,47+,48+,50-,51-,52-,53+,54+,55+,56+,57-,58-,59-,60+,61+,62+,63+,64-,65-,66-,67+,68+,69+,70+,72-,73-,74-,75+,76+,77+,78+;/m1./s1. The number of aliphatic hydroxyl groups is 20. The van der Waals surface area contributed by atoms with Gasteiger partial charge >= 0.3 is 0 Å². The van der Waals surface area contributed by atoms with Crippen molar-refractivity contribution in [2.24, 2.45) is 0 Å². The lowest BCUT2D eigenvalue weighted by Crippen LogP contribution is -3.00. The Labute approximate surface area is 707 Å². The molecule has 25 rings (SSSR count). The molecule has 21 fully saturated rings. The van der Waals surface area contributed by atoms with Gasteiger partial charge in [0, 0.05) is 112 Å². The average molecular weight is 1770 g/mol. The number of anilines is 1. The van der Waals surface area contributed by atoms with Gasteiger partial charge in [-0.3, -0.25) is 4.79 Å². The first-order chi connectivity index (χ1) is 58.3. The van der Waals surface area contributed by atoms with Crippen molar-refractivity contribution in [3.8, 4) is 22.5 Å². The van der Waals surface area contributed by atoms with Crippen LogP contribution in [0, 0.1) is 0 Å². The number of nitrogens with one attached hydrogen (secondary N) is 5. The molecule has 0 radical (unpaired) electrons. The van der Waals surface area contributed by atoms with Crippen LogP contribution in [0.5, 0.6) is 0 Å². The number of carbonyl (C=O) groups is 1. The van der Waals surface area contributed by atoms with Crippen LogP contribution >= 0.6 is 0 Å². The molecule has 22 aliphatic heterocycles. The molecular weight excluding hydrogens is 1650 g/mol. The second-order valence-corrected chi connectivity index (χ2v) is 30.9. The smallest absolute Gasteiger partial charge is 0.251 e. The largest absolute Gasteiger partial charge is 1.00 e. The summed E-state index contributed by atoms with van der Waals surface area (Å²) in [5.41, 5.74) is 4.78. The number of hydrogen-bond donors (Lipinski definition) is 25. The van der Waals surface area contributed by atoms with Gasteiger partial charge in [-0.25, -0.2) is 4.58 Å². The zero-order valence-electron chi connectivity index (χ0n) is 67.7. The fourth-order valence-electron chi connectivity index (χ4n) is 16.6. The Morgan fingerprint density at radius 2 is 0.680 bits per heavy atom. The van der Waals surface area contributed by atoms with E-state index >= 15 is 0 Å². The third-order valence-corrected chi connectivity index (χ3v) is 23.4. The highest BCUT2D eigenvalue weighted by Gasteiger charge is 2.60. The van der Waals surface area contributed by atoms with Crippen molar-refractivity contribution in [1.29, 1.82) is 0 Å². The van der Waals surface area contributed by atoms with Crippen molar-refractivity contribution in [1.82, 2.24) is 31.2 Å². The molecule has 21 saturated heterocycles. The third-order valence-electron chi connectivity index (χ3n) is 23.4. The molecule has 44 heteroatoms. The number of amides is 1. The Morgan fingerprint density at radius 1 is 0.361 bits per heavy atom. The van der Waals surface area contributed by atoms with Gasteiger partial charge in [0.1, 0.15) is 195 Å². The van der Waals surface area contributed by atoms with Crippen molar-refractivity contribution in [2.75, 3.05) is 130 Å². The monoisotopic (exact) mass is 1770 g/mol. The molecule has 23 aliphatic rings. The number of carbonyl (C=O) groups excluding carboxylic acids is 1. The van der Waals surface area contributed by atoms with E-state index in [2.05, 4.69) is 100 Å². The first-order valence-corrected chi connectivity index (χ1v) is 41.2. The summed E-state index contributed by atoms with van der Waals surface area (Å²) in [4.78, 5) is 16.4. The minimum absolute atomic E-state index is 0. The van der Waals surface area contributed by atoms with Crippen LogP contribution in [0.1, 0.15) is 38.1 Å². The van der Waals surface area contributed by atoms with Crippen LogP contribution < -0.4 is 53.8 Å². The molecule has 690 valence electrons. The number of benzene rings is 3. The van der Waals surface area contributed by atoms with Gasteiger partial charge in [-0.1, -0.05) is 18.2 Å². The summed E-state index contributed by atoms with van der Waals surface area (Å²) in [7, 11) is 0. The van der Waals surface area contributed by atoms with E-state index in [0.717, 1.165) is 59.3 Å². The first kappa shape index (κ1) is 97.8. The van der Waals surface area contributed by atoms with Gasteiger partial charge in [0.15, 0.2) is 44.0 Å². The van der Waals surface area contributed by atoms with Crippen LogP contribution in [-0.2, 0) is 66.3 Å². The van der Waals surface area contributed by atoms with Crippen LogP contribution in [0.2, 0.25) is 0 Å². The summed E-state index contributed by atoms with van der Waals surface area (Å²) in [5.74, 6) is 0.466. The highest BCUT2D eigenvalue weighted by molar-refractivity contribution is 6.09. The van der Waals surface area contributed by atoms with Crippen LogP contribution in [0.15, 0.2) is 65.1 Å². The van der Waals surface area contributed by atoms with Crippen LogP contribution in [0.4, 0.5) is 5.69 Å². The van der Waals surface area contributed by atoms with E-state index in [-0.39, 0.29) is 31.4 Å². The average Bonchev–Trinajstić information content (AvgIpc) is 0.765. The maximum atomic E-state index is 14.1. The normalized spacial score (nSPS) is 39.2. The van der Waals surface area contributed by atoms with Crippen molar-refractivity contribution in [3.63, 3.8) is 0 Å². The molecule has 1 aliphatic carbocycles. The van der Waals surface area contributed by atoms with Gasteiger partial charge in [-0.05, 0) is 57.5 Å². The second-order valence-electron chi connectivity index (χ2n) is 30.9. The van der Waals surface area contributed by atoms with Crippen molar-refractivity contribution in [3.05, 3.63) is 71.6 Å². The molecule has 14 bridgehead atoms. The number of aliphatic hydroxyl groups excluding tert-OH is 20. The predicted molar refractivity (Wildman–Crippen MR) is 413 cm³/mol. The summed E-state index contributed by atoms with van der Waals surface area (Å²) < 4.78 is 91.3. The van der Waals surface area contributed by atoms with E-state index in [1.807, 2.05) is 24.3 Å². The van der Waals surface area contributed by atoms with Gasteiger partial charge < -0.3 is 217 Å². The zero-order chi connectivity index (χ0) is 86.8. The van der Waals surface area contributed by atoms with Crippen LogP contribution in [0.3, 0.4) is 0 Å². The number of halogens is 1. The molecule has 2 aromatic rings. The van der Waals surface area contributed by atoms with E-state index in [1.165, 1.54) is 0 Å². The molecule has 0 aromatic heterocycles. The molecule has 22 heterocycles. The maximum absolute atomic E-state index is 14.1. The van der Waals surface area contributed by atoms with Gasteiger partial charge in [0.2, 0.25) is 5.36 Å². The Morgan fingerprint density at radius 3 is 1.02 bits per heavy atom. The minimum Gasteiger partial charge on any atom is -1.00 e. The number of hydrogen-bond acceptors (Lipinski definition) is 41. The summed E-state index contributed by atoms with van der Waals surface area (Å²) in [6.45, 7) is 8.51. The summed E-state index contributed by atoms with van der Waals surface area (Å²) in [5, 5.41) is 245. The van der Waals surface area contributed by atoms with Crippen LogP contribution in [-0.4, -0.2) is 448 Å². The van der Waals surface area contributed by atoms with E-state index in [4.69, 9.17) is 70.7 Å². The third kappa shape index (κ3) is 21.3. The van der Waals surface area contributed by atoms with Gasteiger partial charge in [0.25, 0.3) is 5.91 Å². The zero-order valence-corrected chi connectivity index (χ0v) is 68.4. The molecule has 1 amide bonds. The number of rotatable bonds is 27. The Hall–Kier alpha value is -4.83. The highest BCUT2D eigenvalue weighted by Crippen LogP contribution is 2.44. The van der Waals surface area contributed by atoms with Gasteiger partial charge in [0.05, 0.1) is 45.7 Å². The van der Waals surface area contributed by atoms with Crippen molar-refractivity contribution < 1.29 is 190 Å². The number of ether oxygens (including phenoxy) is 14. The SMILES string of the molecule is CCN(CC)c1ccc2c(-c3ccccc3C(=O)NCCNCCNCCNCCNC[C@H]3O[C@@H]4O[C@H]5[C@H](O)[C@@H](O)[C@@H](O[C@@H]6[C@@H](O)[C@H](O)[C@H](O[C@@H]7[C@@H](O)[C@H](O)[C@H](O[C@@H]8[C@@H](O)[C@H](O)[C@H](O[C@@H]9[C@@H](O)[C@H](O)[C@H](O[C@H]%10[C@H](O)[C@@H](O)[C@@H](O[C@H]3[C@H](O)[C@H]4O)O[C@@H]%10CO)O[C@H]9CO)O[C@H]8CO)O[C@H]7CO)O[C@H]6CO)O[C@@H]5CO)c3ccc(=[N+](CC)CC)cc-3oc2c1.[Cl-]. The Kier molecular flexibility index (Phi) is 36.0. The first-order valence-electron chi connectivity index (χ1n) is 41.2. The minimum atomic E-state index is -2.23. The summed E-state index contributed by atoms with van der Waals surface area (Å²) in [6.07, 6.45) is -70.3.